The van der Waals surface area contributed by atoms with Gasteiger partial charge in [0.15, 0.2) is 0 Å². The predicted octanol–water partition coefficient (Wildman–Crippen LogP) is 7.97. The lowest BCUT2D eigenvalue weighted by molar-refractivity contribution is -0.0813. The quantitative estimate of drug-likeness (QED) is 0.342. The van der Waals surface area contributed by atoms with E-state index in [2.05, 4.69) is 43.4 Å². The van der Waals surface area contributed by atoms with Gasteiger partial charge in [-0.1, -0.05) is 59.6 Å². The third-order valence-corrected chi connectivity index (χ3v) is 11.8. The van der Waals surface area contributed by atoms with E-state index in [1.54, 1.807) is 20.6 Å². The minimum atomic E-state index is 0.538. The van der Waals surface area contributed by atoms with E-state index in [0.717, 1.165) is 47.6 Å². The van der Waals surface area contributed by atoms with Gasteiger partial charge in [-0.05, 0) is 111 Å². The minimum Gasteiger partial charge on any atom is -0.388 e. The summed E-state index contributed by atoms with van der Waals surface area (Å²) in [6.07, 6.45) is 17.6. The molecule has 6 rings (SSSR count). The first kappa shape index (κ1) is 25.7. The fourth-order valence-corrected chi connectivity index (χ4v) is 10.1. The van der Waals surface area contributed by atoms with Gasteiger partial charge >= 0.3 is 0 Å². The van der Waals surface area contributed by atoms with Crippen molar-refractivity contribution in [3.05, 3.63) is 11.6 Å². The topological polar surface area (TPSA) is 12.5 Å². The van der Waals surface area contributed by atoms with Crippen LogP contribution in [0.25, 0.3) is 0 Å². The maximum atomic E-state index is 4.25. The number of ether oxygens (including phenoxy) is 1. The zero-order chi connectivity index (χ0) is 24.0. The van der Waals surface area contributed by atoms with Crippen molar-refractivity contribution in [3.63, 3.8) is 0 Å². The van der Waals surface area contributed by atoms with Gasteiger partial charge in [-0.25, -0.2) is 0 Å². The van der Waals surface area contributed by atoms with E-state index < -0.39 is 0 Å². The SMILES string of the molecule is CC.CC1CCC2(C)C(=CCC3C2CC(C)C2(C)C3CC3C2CC2CCCCN23)C1.COC. The van der Waals surface area contributed by atoms with E-state index in [1.807, 2.05) is 19.4 Å². The standard InChI is InChI=1S/C27H43N.C2H6O.C2H6/c1-17-10-11-26(3)19(13-17)8-9-21-22(26)14-18(2)27(4)23(21)16-25-24(27)15-20-7-5-6-12-28(20)25;1-3-2;1-2/h8,17-18,20-25H,5-7,9-16H2,1-4H3;1-2H3;1-2H3. The van der Waals surface area contributed by atoms with Crippen LogP contribution >= 0.6 is 0 Å². The first-order valence-electron chi connectivity index (χ1n) is 14.7. The summed E-state index contributed by atoms with van der Waals surface area (Å²) in [6.45, 7) is 16.0. The van der Waals surface area contributed by atoms with Crippen molar-refractivity contribution in [2.45, 2.75) is 118 Å². The smallest absolute Gasteiger partial charge is 0.0351 e. The average Bonchev–Trinajstić information content (AvgIpc) is 3.32. The van der Waals surface area contributed by atoms with Crippen LogP contribution in [-0.4, -0.2) is 37.7 Å². The Labute approximate surface area is 206 Å². The number of hydrogen-bond donors (Lipinski definition) is 0. The Hall–Kier alpha value is -0.340. The van der Waals surface area contributed by atoms with Crippen molar-refractivity contribution in [2.24, 2.45) is 46.3 Å². The Morgan fingerprint density at radius 2 is 1.67 bits per heavy atom. The number of piperidine rings is 1. The largest absolute Gasteiger partial charge is 0.388 e. The molecule has 2 heteroatoms. The molecule has 6 aliphatic rings. The third-order valence-electron chi connectivity index (χ3n) is 11.8. The lowest BCUT2D eigenvalue weighted by atomic mass is 9.44. The van der Waals surface area contributed by atoms with E-state index >= 15 is 0 Å². The van der Waals surface area contributed by atoms with E-state index in [0.29, 0.717) is 10.8 Å². The normalized spacial score (nSPS) is 50.1. The van der Waals surface area contributed by atoms with Crippen molar-refractivity contribution < 1.29 is 4.74 Å². The molecular formula is C31H55NO. The zero-order valence-corrected chi connectivity index (χ0v) is 23.3. The Morgan fingerprint density at radius 1 is 0.939 bits per heavy atom. The predicted molar refractivity (Wildman–Crippen MR) is 141 cm³/mol. The van der Waals surface area contributed by atoms with Crippen LogP contribution in [0.1, 0.15) is 106 Å². The minimum absolute atomic E-state index is 0.538. The second-order valence-electron chi connectivity index (χ2n) is 13.1. The molecule has 10 unspecified atom stereocenters. The van der Waals surface area contributed by atoms with Crippen LogP contribution in [0.5, 0.6) is 0 Å². The maximum Gasteiger partial charge on any atom is 0.0351 e. The number of nitrogens with zero attached hydrogens (tertiary/aromatic N) is 1. The number of fused-ring (bicyclic) bond motifs is 9. The van der Waals surface area contributed by atoms with Gasteiger partial charge in [-0.15, -0.1) is 0 Å². The molecule has 2 heterocycles. The summed E-state index contributed by atoms with van der Waals surface area (Å²) in [5.74, 6) is 5.80. The Morgan fingerprint density at radius 3 is 2.39 bits per heavy atom. The van der Waals surface area contributed by atoms with Gasteiger partial charge in [-0.3, -0.25) is 4.90 Å². The first-order chi connectivity index (χ1) is 15.8. The highest BCUT2D eigenvalue weighted by Crippen LogP contribution is 2.70. The summed E-state index contributed by atoms with van der Waals surface area (Å²) in [5.41, 5.74) is 3.03. The highest BCUT2D eigenvalue weighted by molar-refractivity contribution is 5.26. The van der Waals surface area contributed by atoms with E-state index in [1.165, 1.54) is 64.3 Å². The van der Waals surface area contributed by atoms with Crippen molar-refractivity contribution in [2.75, 3.05) is 20.8 Å². The van der Waals surface area contributed by atoms with Gasteiger partial charge in [-0.2, -0.15) is 0 Å². The van der Waals surface area contributed by atoms with Crippen LogP contribution in [-0.2, 0) is 4.74 Å². The molecule has 0 aromatic carbocycles. The number of allylic oxidation sites excluding steroid dienone is 2. The molecule has 0 amide bonds. The van der Waals surface area contributed by atoms with Gasteiger partial charge in [0, 0.05) is 26.3 Å². The zero-order valence-electron chi connectivity index (χ0n) is 23.3. The highest BCUT2D eigenvalue weighted by atomic mass is 16.4. The molecule has 2 nitrogen and oxygen atoms in total. The fourth-order valence-electron chi connectivity index (χ4n) is 10.1. The maximum absolute atomic E-state index is 4.25. The molecular weight excluding hydrogens is 402 g/mol. The van der Waals surface area contributed by atoms with Gasteiger partial charge < -0.3 is 4.74 Å². The van der Waals surface area contributed by atoms with Gasteiger partial charge in [0.1, 0.15) is 0 Å². The molecule has 33 heavy (non-hydrogen) atoms. The summed E-state index contributed by atoms with van der Waals surface area (Å²) in [5, 5.41) is 0. The van der Waals surface area contributed by atoms with Gasteiger partial charge in [0.25, 0.3) is 0 Å². The second kappa shape index (κ2) is 9.96. The van der Waals surface area contributed by atoms with Gasteiger partial charge in [0.05, 0.1) is 0 Å². The van der Waals surface area contributed by atoms with Crippen LogP contribution in [0.2, 0.25) is 0 Å². The first-order valence-corrected chi connectivity index (χ1v) is 14.7. The molecule has 10 atom stereocenters. The van der Waals surface area contributed by atoms with Crippen molar-refractivity contribution in [1.82, 2.24) is 4.90 Å². The molecule has 5 fully saturated rings. The van der Waals surface area contributed by atoms with Crippen molar-refractivity contribution in [3.8, 4) is 0 Å². The third kappa shape index (κ3) is 3.98. The Bertz CT molecular complexity index is 701. The summed E-state index contributed by atoms with van der Waals surface area (Å²) < 4.78 is 4.25. The van der Waals surface area contributed by atoms with Crippen LogP contribution in [0.4, 0.5) is 0 Å². The lowest BCUT2D eigenvalue weighted by Gasteiger charge is -2.60. The Kier molecular flexibility index (Phi) is 7.77. The highest BCUT2D eigenvalue weighted by Gasteiger charge is 2.66. The molecule has 2 aliphatic heterocycles. The fraction of sp³-hybridized carbons (Fsp3) is 0.935. The number of rotatable bonds is 0. The van der Waals surface area contributed by atoms with Crippen LogP contribution in [0.15, 0.2) is 11.6 Å². The van der Waals surface area contributed by atoms with Crippen LogP contribution in [0, 0.1) is 46.3 Å². The molecule has 0 N–H and O–H groups in total. The van der Waals surface area contributed by atoms with Crippen LogP contribution in [0.3, 0.4) is 0 Å². The summed E-state index contributed by atoms with van der Waals surface area (Å²) in [4.78, 5) is 3.02. The molecule has 0 radical (unpaired) electrons. The molecule has 4 aliphatic carbocycles. The van der Waals surface area contributed by atoms with Crippen molar-refractivity contribution >= 4 is 0 Å². The monoisotopic (exact) mass is 457 g/mol. The van der Waals surface area contributed by atoms with Crippen LogP contribution < -0.4 is 0 Å². The molecule has 0 aromatic rings. The van der Waals surface area contributed by atoms with E-state index in [4.69, 9.17) is 0 Å². The summed E-state index contributed by atoms with van der Waals surface area (Å²) in [6, 6.07) is 1.88. The molecule has 3 saturated carbocycles. The second-order valence-corrected chi connectivity index (χ2v) is 13.1. The van der Waals surface area contributed by atoms with E-state index in [-0.39, 0.29) is 0 Å². The molecule has 0 aromatic heterocycles. The Balaban J connectivity index is 0.000000482. The van der Waals surface area contributed by atoms with Crippen molar-refractivity contribution in [1.29, 1.82) is 0 Å². The van der Waals surface area contributed by atoms with Gasteiger partial charge in [0.2, 0.25) is 0 Å². The number of hydrogen-bond acceptors (Lipinski definition) is 2. The van der Waals surface area contributed by atoms with E-state index in [9.17, 15) is 0 Å². The summed E-state index contributed by atoms with van der Waals surface area (Å²) >= 11 is 0. The number of methoxy groups -OCH3 is 1. The molecule has 0 bridgehead atoms. The molecule has 190 valence electrons. The lowest BCUT2D eigenvalue weighted by Crippen LogP contribution is -2.53. The summed E-state index contributed by atoms with van der Waals surface area (Å²) in [7, 11) is 3.25. The average molecular weight is 458 g/mol. The molecule has 0 spiro atoms. The molecule has 2 saturated heterocycles.